The molecule has 23 heavy (non-hydrogen) atoms. The van der Waals surface area contributed by atoms with Crippen LogP contribution in [0.5, 0.6) is 0 Å². The summed E-state index contributed by atoms with van der Waals surface area (Å²) in [5.74, 6) is -1.17. The van der Waals surface area contributed by atoms with Crippen molar-refractivity contribution < 1.29 is 14.3 Å². The van der Waals surface area contributed by atoms with Crippen LogP contribution in [0.3, 0.4) is 0 Å². The van der Waals surface area contributed by atoms with E-state index in [9.17, 15) is 5.11 Å². The predicted octanol–water partition coefficient (Wildman–Crippen LogP) is 3.40. The van der Waals surface area contributed by atoms with Crippen molar-refractivity contribution in [3.63, 3.8) is 0 Å². The molecule has 2 atom stereocenters. The highest BCUT2D eigenvalue weighted by Crippen LogP contribution is 2.36. The van der Waals surface area contributed by atoms with Crippen molar-refractivity contribution in [3.8, 4) is 0 Å². The van der Waals surface area contributed by atoms with Crippen LogP contribution >= 0.6 is 0 Å². The van der Waals surface area contributed by atoms with Crippen LogP contribution in [0.15, 0.2) is 42.5 Å². The zero-order valence-corrected chi connectivity index (χ0v) is 13.9. The average molecular weight is 312 g/mol. The Morgan fingerprint density at radius 3 is 2.57 bits per heavy atom. The number of hydrogen-bond acceptors (Lipinski definition) is 2. The van der Waals surface area contributed by atoms with E-state index in [1.54, 1.807) is 0 Å². The van der Waals surface area contributed by atoms with E-state index in [-0.39, 0.29) is 6.10 Å². The van der Waals surface area contributed by atoms with Crippen molar-refractivity contribution in [2.24, 2.45) is 0 Å². The molecule has 2 fully saturated rings. The molecule has 2 aromatic rings. The SMILES string of the molecule is CC1C[N+]2(CCCCC2)CC(O)(c2ccc3ccccc3c2)O1. The molecule has 2 aromatic carbocycles. The van der Waals surface area contributed by atoms with Crippen LogP contribution < -0.4 is 0 Å². The first kappa shape index (κ1) is 15.1. The maximum absolute atomic E-state index is 11.4. The van der Waals surface area contributed by atoms with Crippen molar-refractivity contribution in [2.75, 3.05) is 26.2 Å². The minimum Gasteiger partial charge on any atom is -0.357 e. The normalized spacial score (nSPS) is 30.6. The maximum Gasteiger partial charge on any atom is 0.244 e. The number of piperidine rings is 1. The molecular weight excluding hydrogens is 286 g/mol. The molecule has 2 saturated heterocycles. The maximum atomic E-state index is 11.4. The quantitative estimate of drug-likeness (QED) is 0.818. The molecule has 3 heteroatoms. The first-order valence-electron chi connectivity index (χ1n) is 8.83. The fraction of sp³-hybridized carbons (Fsp3) is 0.500. The molecule has 1 spiro atoms. The molecule has 0 bridgehead atoms. The Balaban J connectivity index is 1.71. The second-order valence-electron chi connectivity index (χ2n) is 7.46. The Morgan fingerprint density at radius 2 is 1.78 bits per heavy atom. The van der Waals surface area contributed by atoms with Gasteiger partial charge in [0.25, 0.3) is 0 Å². The topological polar surface area (TPSA) is 29.5 Å². The van der Waals surface area contributed by atoms with Crippen molar-refractivity contribution >= 4 is 10.8 Å². The van der Waals surface area contributed by atoms with E-state index < -0.39 is 5.79 Å². The molecule has 2 aliphatic rings. The Bertz CT molecular complexity index is 708. The van der Waals surface area contributed by atoms with Crippen LogP contribution in [0.1, 0.15) is 31.7 Å². The molecule has 0 radical (unpaired) electrons. The predicted molar refractivity (Wildman–Crippen MR) is 92.0 cm³/mol. The smallest absolute Gasteiger partial charge is 0.244 e. The first-order valence-corrected chi connectivity index (χ1v) is 8.83. The summed E-state index contributed by atoms with van der Waals surface area (Å²) in [5, 5.41) is 13.7. The summed E-state index contributed by atoms with van der Waals surface area (Å²) >= 11 is 0. The van der Waals surface area contributed by atoms with Gasteiger partial charge in [0.15, 0.2) is 0 Å². The third kappa shape index (κ3) is 2.78. The summed E-state index contributed by atoms with van der Waals surface area (Å²) in [4.78, 5) is 0. The summed E-state index contributed by atoms with van der Waals surface area (Å²) in [6.07, 6.45) is 3.93. The molecule has 122 valence electrons. The van der Waals surface area contributed by atoms with Gasteiger partial charge in [0, 0.05) is 5.56 Å². The lowest BCUT2D eigenvalue weighted by Gasteiger charge is -2.51. The highest BCUT2D eigenvalue weighted by Gasteiger charge is 2.49. The lowest BCUT2D eigenvalue weighted by Crippen LogP contribution is -2.65. The van der Waals surface area contributed by atoms with Gasteiger partial charge in [-0.15, -0.1) is 0 Å². The van der Waals surface area contributed by atoms with E-state index in [0.717, 1.165) is 22.0 Å². The molecule has 4 rings (SSSR count). The number of ether oxygens (including phenoxy) is 1. The summed E-state index contributed by atoms with van der Waals surface area (Å²) < 4.78 is 7.08. The number of hydrogen-bond donors (Lipinski definition) is 1. The third-order valence-corrected chi connectivity index (χ3v) is 5.56. The lowest BCUT2D eigenvalue weighted by atomic mass is 9.95. The number of fused-ring (bicyclic) bond motifs is 1. The molecule has 0 aliphatic carbocycles. The number of quaternary nitrogens is 1. The number of aliphatic hydroxyl groups is 1. The molecule has 0 amide bonds. The van der Waals surface area contributed by atoms with Crippen LogP contribution in [0.25, 0.3) is 10.8 Å². The lowest BCUT2D eigenvalue weighted by molar-refractivity contribution is -0.955. The average Bonchev–Trinajstić information content (AvgIpc) is 2.54. The summed E-state index contributed by atoms with van der Waals surface area (Å²) in [7, 11) is 0. The van der Waals surface area contributed by atoms with Crippen molar-refractivity contribution in [1.29, 1.82) is 0 Å². The Hall–Kier alpha value is -1.42. The number of rotatable bonds is 1. The minimum atomic E-state index is -1.17. The molecule has 2 aliphatic heterocycles. The van der Waals surface area contributed by atoms with Gasteiger partial charge in [-0.1, -0.05) is 36.4 Å². The zero-order chi connectivity index (χ0) is 15.9. The standard InChI is InChI=1S/C20H26NO2/c1-16-14-21(11-5-2-6-12-21)15-20(22,23-16)19-10-9-17-7-3-4-8-18(17)13-19/h3-4,7-10,13,16,22H,2,5-6,11-12,14-15H2,1H3/q+1. The molecule has 0 aromatic heterocycles. The van der Waals surface area contributed by atoms with Crippen LogP contribution in [0.2, 0.25) is 0 Å². The molecule has 2 heterocycles. The largest absolute Gasteiger partial charge is 0.357 e. The fourth-order valence-corrected chi connectivity index (χ4v) is 4.59. The van der Waals surface area contributed by atoms with E-state index in [1.165, 1.54) is 37.7 Å². The van der Waals surface area contributed by atoms with Gasteiger partial charge in [-0.25, -0.2) is 0 Å². The van der Waals surface area contributed by atoms with Crippen LogP contribution in [0.4, 0.5) is 0 Å². The van der Waals surface area contributed by atoms with Gasteiger partial charge in [-0.3, -0.25) is 0 Å². The third-order valence-electron chi connectivity index (χ3n) is 5.56. The zero-order valence-electron chi connectivity index (χ0n) is 13.9. The van der Waals surface area contributed by atoms with E-state index in [2.05, 4.69) is 31.2 Å². The monoisotopic (exact) mass is 312 g/mol. The summed E-state index contributed by atoms with van der Waals surface area (Å²) in [5.41, 5.74) is 0.894. The van der Waals surface area contributed by atoms with E-state index >= 15 is 0 Å². The number of benzene rings is 2. The molecule has 3 nitrogen and oxygen atoms in total. The van der Waals surface area contributed by atoms with Crippen LogP contribution in [-0.4, -0.2) is 41.9 Å². The van der Waals surface area contributed by atoms with E-state index in [1.807, 2.05) is 18.2 Å². The van der Waals surface area contributed by atoms with Gasteiger partial charge in [0.1, 0.15) is 19.2 Å². The van der Waals surface area contributed by atoms with Gasteiger partial charge in [-0.2, -0.15) is 0 Å². The highest BCUT2D eigenvalue weighted by molar-refractivity contribution is 5.83. The molecular formula is C20H26NO2+. The van der Waals surface area contributed by atoms with Crippen molar-refractivity contribution in [3.05, 3.63) is 48.0 Å². The van der Waals surface area contributed by atoms with Gasteiger partial charge in [-0.05, 0) is 43.0 Å². The van der Waals surface area contributed by atoms with Gasteiger partial charge < -0.3 is 14.3 Å². The first-order chi connectivity index (χ1) is 11.1. The van der Waals surface area contributed by atoms with E-state index in [0.29, 0.717) is 6.54 Å². The fourth-order valence-electron chi connectivity index (χ4n) is 4.59. The second kappa shape index (κ2) is 5.59. The van der Waals surface area contributed by atoms with Crippen LogP contribution in [-0.2, 0) is 10.5 Å². The van der Waals surface area contributed by atoms with Gasteiger partial charge in [0.2, 0.25) is 5.79 Å². The van der Waals surface area contributed by atoms with Gasteiger partial charge >= 0.3 is 0 Å². The van der Waals surface area contributed by atoms with E-state index in [4.69, 9.17) is 4.74 Å². The minimum absolute atomic E-state index is 0.0818. The number of nitrogens with zero attached hydrogens (tertiary/aromatic N) is 1. The Labute approximate surface area is 138 Å². The van der Waals surface area contributed by atoms with Crippen molar-refractivity contribution in [1.82, 2.24) is 0 Å². The molecule has 2 unspecified atom stereocenters. The number of morpholine rings is 1. The summed E-state index contributed by atoms with van der Waals surface area (Å²) in [6, 6.07) is 14.5. The van der Waals surface area contributed by atoms with Crippen molar-refractivity contribution in [2.45, 2.75) is 38.1 Å². The summed E-state index contributed by atoms with van der Waals surface area (Å²) in [6.45, 7) is 6.14. The van der Waals surface area contributed by atoms with Crippen LogP contribution in [0, 0.1) is 0 Å². The Morgan fingerprint density at radius 1 is 1.04 bits per heavy atom. The highest BCUT2D eigenvalue weighted by atomic mass is 16.6. The second-order valence-corrected chi connectivity index (χ2v) is 7.46. The molecule has 0 saturated carbocycles. The Kier molecular flexibility index (Phi) is 3.67. The van der Waals surface area contributed by atoms with Gasteiger partial charge in [0.05, 0.1) is 13.1 Å². The molecule has 1 N–H and O–H groups in total.